The minimum absolute atomic E-state index is 0.778. The molecular formula is C18H21N3. The summed E-state index contributed by atoms with van der Waals surface area (Å²) in [6.45, 7) is 3.83. The van der Waals surface area contributed by atoms with Gasteiger partial charge in [0.15, 0.2) is 0 Å². The Morgan fingerprint density at radius 2 is 1.67 bits per heavy atom. The average Bonchev–Trinajstić information content (AvgIpc) is 2.85. The Balaban J connectivity index is 1.64. The summed E-state index contributed by atoms with van der Waals surface area (Å²) in [6.07, 6.45) is 1.09. The zero-order chi connectivity index (χ0) is 14.7. The lowest BCUT2D eigenvalue weighted by atomic mass is 10.1. The zero-order valence-electron chi connectivity index (χ0n) is 12.6. The molecule has 0 saturated heterocycles. The normalized spacial score (nSPS) is 11.1. The summed E-state index contributed by atoms with van der Waals surface area (Å²) in [6, 6.07) is 17.0. The number of aromatic nitrogens is 2. The molecular weight excluding hydrogens is 258 g/mol. The molecule has 0 spiro atoms. The lowest BCUT2D eigenvalue weighted by molar-refractivity contribution is 0.643. The molecule has 0 radical (unpaired) electrons. The molecule has 0 unspecified atom stereocenters. The van der Waals surface area contributed by atoms with Crippen LogP contribution in [0.5, 0.6) is 0 Å². The standard InChI is InChI=1S/C18H21N3/c1-3-14-8-10-15(11-9-14)12-19-13-18-20-16-6-4-5-7-17(16)21(18)2/h4-11,19H,3,12-13H2,1-2H3. The number of para-hydroxylation sites is 2. The minimum atomic E-state index is 0.778. The Morgan fingerprint density at radius 1 is 0.952 bits per heavy atom. The summed E-state index contributed by atoms with van der Waals surface area (Å²) < 4.78 is 2.16. The van der Waals surface area contributed by atoms with E-state index in [1.165, 1.54) is 16.6 Å². The van der Waals surface area contributed by atoms with Crippen molar-refractivity contribution < 1.29 is 0 Å². The second-order valence-electron chi connectivity index (χ2n) is 5.35. The number of nitrogens with zero attached hydrogens (tertiary/aromatic N) is 2. The average molecular weight is 279 g/mol. The summed E-state index contributed by atoms with van der Waals surface area (Å²) in [4.78, 5) is 4.67. The Bertz CT molecular complexity index is 726. The van der Waals surface area contributed by atoms with Gasteiger partial charge in [-0.3, -0.25) is 0 Å². The number of aryl methyl sites for hydroxylation is 2. The van der Waals surface area contributed by atoms with E-state index >= 15 is 0 Å². The molecule has 1 aromatic heterocycles. The van der Waals surface area contributed by atoms with Crippen molar-refractivity contribution in [3.63, 3.8) is 0 Å². The maximum absolute atomic E-state index is 4.67. The largest absolute Gasteiger partial charge is 0.330 e. The van der Waals surface area contributed by atoms with Gasteiger partial charge < -0.3 is 9.88 Å². The predicted octanol–water partition coefficient (Wildman–Crippen LogP) is 3.43. The minimum Gasteiger partial charge on any atom is -0.330 e. The molecule has 0 aliphatic rings. The molecule has 21 heavy (non-hydrogen) atoms. The van der Waals surface area contributed by atoms with Crippen LogP contribution in [-0.2, 0) is 26.6 Å². The summed E-state index contributed by atoms with van der Waals surface area (Å²) in [7, 11) is 2.07. The van der Waals surface area contributed by atoms with Gasteiger partial charge in [-0.15, -0.1) is 0 Å². The van der Waals surface area contributed by atoms with Crippen LogP contribution in [0.4, 0.5) is 0 Å². The Kier molecular flexibility index (Phi) is 4.02. The molecule has 0 amide bonds. The van der Waals surface area contributed by atoms with Crippen LogP contribution < -0.4 is 5.32 Å². The predicted molar refractivity (Wildman–Crippen MR) is 87.1 cm³/mol. The number of nitrogens with one attached hydrogen (secondary N) is 1. The van der Waals surface area contributed by atoms with Crippen LogP contribution in [0.2, 0.25) is 0 Å². The van der Waals surface area contributed by atoms with Crippen LogP contribution in [0.15, 0.2) is 48.5 Å². The number of benzene rings is 2. The monoisotopic (exact) mass is 279 g/mol. The van der Waals surface area contributed by atoms with E-state index < -0.39 is 0 Å². The Labute approximate surface area is 125 Å². The third kappa shape index (κ3) is 2.98. The van der Waals surface area contributed by atoms with Gasteiger partial charge in [-0.05, 0) is 29.7 Å². The van der Waals surface area contributed by atoms with Crippen molar-refractivity contribution in [1.29, 1.82) is 0 Å². The van der Waals surface area contributed by atoms with Crippen LogP contribution >= 0.6 is 0 Å². The second kappa shape index (κ2) is 6.10. The fourth-order valence-corrected chi connectivity index (χ4v) is 2.56. The highest BCUT2D eigenvalue weighted by Crippen LogP contribution is 2.14. The maximum atomic E-state index is 4.67. The highest BCUT2D eigenvalue weighted by Gasteiger charge is 2.06. The van der Waals surface area contributed by atoms with E-state index in [2.05, 4.69) is 71.3 Å². The van der Waals surface area contributed by atoms with Gasteiger partial charge in [0.05, 0.1) is 17.6 Å². The van der Waals surface area contributed by atoms with Crippen LogP contribution in [-0.4, -0.2) is 9.55 Å². The SMILES string of the molecule is CCc1ccc(CNCc2nc3ccccc3n2C)cc1. The quantitative estimate of drug-likeness (QED) is 0.775. The molecule has 0 aliphatic carbocycles. The number of imidazole rings is 1. The number of hydrogen-bond donors (Lipinski definition) is 1. The first-order valence-corrected chi connectivity index (χ1v) is 7.47. The lowest BCUT2D eigenvalue weighted by Gasteiger charge is -2.06. The summed E-state index contributed by atoms with van der Waals surface area (Å²) in [5.74, 6) is 1.07. The third-order valence-electron chi connectivity index (χ3n) is 3.92. The van der Waals surface area contributed by atoms with Crippen molar-refractivity contribution in [1.82, 2.24) is 14.9 Å². The topological polar surface area (TPSA) is 29.9 Å². The molecule has 108 valence electrons. The molecule has 0 saturated carbocycles. The van der Waals surface area contributed by atoms with Crippen LogP contribution in [0.1, 0.15) is 23.9 Å². The third-order valence-corrected chi connectivity index (χ3v) is 3.92. The highest BCUT2D eigenvalue weighted by atomic mass is 15.1. The van der Waals surface area contributed by atoms with Gasteiger partial charge in [0.2, 0.25) is 0 Å². The van der Waals surface area contributed by atoms with Gasteiger partial charge in [-0.25, -0.2) is 4.98 Å². The molecule has 1 N–H and O–H groups in total. The van der Waals surface area contributed by atoms with Crippen molar-refractivity contribution in [2.45, 2.75) is 26.4 Å². The van der Waals surface area contributed by atoms with Crippen molar-refractivity contribution in [2.75, 3.05) is 0 Å². The number of fused-ring (bicyclic) bond motifs is 1. The molecule has 0 aliphatic heterocycles. The first kappa shape index (κ1) is 13.8. The number of hydrogen-bond acceptors (Lipinski definition) is 2. The van der Waals surface area contributed by atoms with Crippen molar-refractivity contribution in [3.8, 4) is 0 Å². The first-order valence-electron chi connectivity index (χ1n) is 7.47. The van der Waals surface area contributed by atoms with Gasteiger partial charge >= 0.3 is 0 Å². The lowest BCUT2D eigenvalue weighted by Crippen LogP contribution is -2.15. The van der Waals surface area contributed by atoms with Gasteiger partial charge in [-0.2, -0.15) is 0 Å². The highest BCUT2D eigenvalue weighted by molar-refractivity contribution is 5.75. The van der Waals surface area contributed by atoms with E-state index in [-0.39, 0.29) is 0 Å². The van der Waals surface area contributed by atoms with E-state index in [0.29, 0.717) is 0 Å². The van der Waals surface area contributed by atoms with E-state index in [1.807, 2.05) is 6.07 Å². The summed E-state index contributed by atoms with van der Waals surface area (Å²) in [5, 5.41) is 3.47. The van der Waals surface area contributed by atoms with Crippen LogP contribution in [0.3, 0.4) is 0 Å². The van der Waals surface area contributed by atoms with Gasteiger partial charge in [0, 0.05) is 13.6 Å². The first-order chi connectivity index (χ1) is 10.3. The van der Waals surface area contributed by atoms with Crippen LogP contribution in [0, 0.1) is 0 Å². The molecule has 0 atom stereocenters. The molecule has 2 aromatic carbocycles. The van der Waals surface area contributed by atoms with Crippen molar-refractivity contribution in [2.24, 2.45) is 7.05 Å². The smallest absolute Gasteiger partial charge is 0.123 e. The molecule has 3 nitrogen and oxygen atoms in total. The van der Waals surface area contributed by atoms with E-state index in [1.54, 1.807) is 0 Å². The fourth-order valence-electron chi connectivity index (χ4n) is 2.56. The molecule has 3 rings (SSSR count). The fraction of sp³-hybridized carbons (Fsp3) is 0.278. The second-order valence-corrected chi connectivity index (χ2v) is 5.35. The molecule has 3 aromatic rings. The zero-order valence-corrected chi connectivity index (χ0v) is 12.6. The van der Waals surface area contributed by atoms with Crippen molar-refractivity contribution in [3.05, 3.63) is 65.5 Å². The maximum Gasteiger partial charge on any atom is 0.123 e. The Morgan fingerprint density at radius 3 is 2.38 bits per heavy atom. The summed E-state index contributed by atoms with van der Waals surface area (Å²) in [5.41, 5.74) is 4.94. The van der Waals surface area contributed by atoms with Gasteiger partial charge in [0.1, 0.15) is 5.82 Å². The molecule has 0 fully saturated rings. The Hall–Kier alpha value is -2.13. The van der Waals surface area contributed by atoms with E-state index in [4.69, 9.17) is 0 Å². The molecule has 3 heteroatoms. The van der Waals surface area contributed by atoms with Crippen molar-refractivity contribution >= 4 is 11.0 Å². The summed E-state index contributed by atoms with van der Waals surface area (Å²) >= 11 is 0. The number of rotatable bonds is 5. The van der Waals surface area contributed by atoms with Gasteiger partial charge in [0.25, 0.3) is 0 Å². The van der Waals surface area contributed by atoms with E-state index in [0.717, 1.165) is 30.9 Å². The molecule has 1 heterocycles. The van der Waals surface area contributed by atoms with Gasteiger partial charge in [-0.1, -0.05) is 43.3 Å². The van der Waals surface area contributed by atoms with E-state index in [9.17, 15) is 0 Å². The van der Waals surface area contributed by atoms with Crippen LogP contribution in [0.25, 0.3) is 11.0 Å². The molecule has 0 bridgehead atoms.